The van der Waals surface area contributed by atoms with Gasteiger partial charge in [-0.05, 0) is 6.42 Å². The largest absolute Gasteiger partial charge is 0.384 e. The zero-order chi connectivity index (χ0) is 8.91. The van der Waals surface area contributed by atoms with E-state index in [1.165, 1.54) is 0 Å². The monoisotopic (exact) mass is 163 g/mol. The number of rotatable bonds is 5. The van der Waals surface area contributed by atoms with Crippen LogP contribution in [0.15, 0.2) is 0 Å². The van der Waals surface area contributed by atoms with Crippen LogP contribution in [0.1, 0.15) is 20.3 Å². The van der Waals surface area contributed by atoms with Crippen LogP contribution in [-0.2, 0) is 4.74 Å². The lowest BCUT2D eigenvalue weighted by Crippen LogP contribution is -2.40. The van der Waals surface area contributed by atoms with Crippen molar-refractivity contribution in [2.24, 2.45) is 11.7 Å². The maximum absolute atomic E-state index is 13.6. The van der Waals surface area contributed by atoms with E-state index in [1.54, 1.807) is 14.0 Å². The van der Waals surface area contributed by atoms with Gasteiger partial charge in [0.15, 0.2) is 0 Å². The summed E-state index contributed by atoms with van der Waals surface area (Å²) in [6.07, 6.45) is 0.452. The molecule has 0 amide bonds. The van der Waals surface area contributed by atoms with E-state index in [2.05, 4.69) is 0 Å². The average molecular weight is 163 g/mol. The molecule has 68 valence electrons. The number of ether oxygens (including phenoxy) is 1. The topological polar surface area (TPSA) is 35.2 Å². The second kappa shape index (κ2) is 4.67. The van der Waals surface area contributed by atoms with Crippen molar-refractivity contribution in [1.29, 1.82) is 0 Å². The summed E-state index contributed by atoms with van der Waals surface area (Å²) in [6, 6.07) is 0. The number of alkyl halides is 1. The van der Waals surface area contributed by atoms with Crippen molar-refractivity contribution >= 4 is 0 Å². The standard InChI is InChI=1S/C8H18FNO/c1-4-8(9,6-10)7(2)5-11-3/h7H,4-6,10H2,1-3H3. The van der Waals surface area contributed by atoms with Crippen molar-refractivity contribution in [3.8, 4) is 0 Å². The lowest BCUT2D eigenvalue weighted by Gasteiger charge is -2.28. The van der Waals surface area contributed by atoms with Crippen molar-refractivity contribution in [3.05, 3.63) is 0 Å². The van der Waals surface area contributed by atoms with Gasteiger partial charge in [-0.25, -0.2) is 4.39 Å². The van der Waals surface area contributed by atoms with Gasteiger partial charge in [0, 0.05) is 19.6 Å². The van der Waals surface area contributed by atoms with Gasteiger partial charge < -0.3 is 10.5 Å². The Balaban J connectivity index is 4.00. The number of halogens is 1. The van der Waals surface area contributed by atoms with Gasteiger partial charge in [0.2, 0.25) is 0 Å². The highest BCUT2D eigenvalue weighted by Gasteiger charge is 2.32. The van der Waals surface area contributed by atoms with Crippen LogP contribution in [0, 0.1) is 5.92 Å². The number of methoxy groups -OCH3 is 1. The first-order chi connectivity index (χ1) is 5.10. The van der Waals surface area contributed by atoms with Crippen LogP contribution in [0.4, 0.5) is 4.39 Å². The van der Waals surface area contributed by atoms with E-state index in [0.29, 0.717) is 13.0 Å². The molecular weight excluding hydrogens is 145 g/mol. The first-order valence-electron chi connectivity index (χ1n) is 3.98. The van der Waals surface area contributed by atoms with Crippen LogP contribution in [0.25, 0.3) is 0 Å². The molecule has 2 nitrogen and oxygen atoms in total. The van der Waals surface area contributed by atoms with Gasteiger partial charge in [-0.3, -0.25) is 0 Å². The molecule has 0 heterocycles. The van der Waals surface area contributed by atoms with E-state index >= 15 is 0 Å². The second-order valence-electron chi connectivity index (χ2n) is 2.95. The van der Waals surface area contributed by atoms with Gasteiger partial charge in [-0.2, -0.15) is 0 Å². The molecule has 0 aromatic heterocycles. The Labute approximate surface area is 67.9 Å². The van der Waals surface area contributed by atoms with Crippen LogP contribution in [0.5, 0.6) is 0 Å². The Morgan fingerprint density at radius 2 is 2.18 bits per heavy atom. The molecule has 0 aromatic rings. The van der Waals surface area contributed by atoms with Crippen LogP contribution < -0.4 is 5.73 Å². The smallest absolute Gasteiger partial charge is 0.127 e. The number of nitrogens with two attached hydrogens (primary N) is 1. The van der Waals surface area contributed by atoms with Crippen LogP contribution in [0.2, 0.25) is 0 Å². The molecule has 0 aliphatic carbocycles. The summed E-state index contributed by atoms with van der Waals surface area (Å²) in [6.45, 7) is 4.13. The lowest BCUT2D eigenvalue weighted by molar-refractivity contribution is 0.0364. The van der Waals surface area contributed by atoms with Gasteiger partial charge in [0.05, 0.1) is 6.61 Å². The predicted molar refractivity (Wildman–Crippen MR) is 44.2 cm³/mol. The summed E-state index contributed by atoms with van der Waals surface area (Å²) in [4.78, 5) is 0. The maximum Gasteiger partial charge on any atom is 0.127 e. The Morgan fingerprint density at radius 3 is 2.45 bits per heavy atom. The highest BCUT2D eigenvalue weighted by atomic mass is 19.1. The number of hydrogen-bond donors (Lipinski definition) is 1. The van der Waals surface area contributed by atoms with E-state index in [-0.39, 0.29) is 12.5 Å². The van der Waals surface area contributed by atoms with Crippen molar-refractivity contribution < 1.29 is 9.13 Å². The Bertz CT molecular complexity index is 104. The Kier molecular flexibility index (Phi) is 4.61. The molecule has 0 bridgehead atoms. The molecule has 0 saturated carbocycles. The fourth-order valence-corrected chi connectivity index (χ4v) is 1.09. The van der Waals surface area contributed by atoms with Crippen LogP contribution in [0.3, 0.4) is 0 Å². The van der Waals surface area contributed by atoms with Crippen LogP contribution >= 0.6 is 0 Å². The Hall–Kier alpha value is -0.150. The minimum absolute atomic E-state index is 0.0774. The van der Waals surface area contributed by atoms with Crippen molar-refractivity contribution in [3.63, 3.8) is 0 Å². The van der Waals surface area contributed by atoms with Crippen LogP contribution in [-0.4, -0.2) is 25.9 Å². The molecule has 2 atom stereocenters. The van der Waals surface area contributed by atoms with E-state index in [9.17, 15) is 4.39 Å². The van der Waals surface area contributed by atoms with Gasteiger partial charge in [-0.1, -0.05) is 13.8 Å². The van der Waals surface area contributed by atoms with E-state index < -0.39 is 5.67 Å². The molecule has 0 aromatic carbocycles. The first-order valence-corrected chi connectivity index (χ1v) is 3.98. The van der Waals surface area contributed by atoms with Gasteiger partial charge in [-0.15, -0.1) is 0 Å². The lowest BCUT2D eigenvalue weighted by atomic mass is 9.89. The molecule has 3 heteroatoms. The predicted octanol–water partition coefficient (Wildman–Crippen LogP) is 1.35. The fourth-order valence-electron chi connectivity index (χ4n) is 1.09. The summed E-state index contributed by atoms with van der Waals surface area (Å²) >= 11 is 0. The minimum Gasteiger partial charge on any atom is -0.384 e. The van der Waals surface area contributed by atoms with Gasteiger partial charge in [0.1, 0.15) is 5.67 Å². The molecule has 0 aliphatic heterocycles. The number of hydrogen-bond acceptors (Lipinski definition) is 2. The maximum atomic E-state index is 13.6. The molecule has 0 radical (unpaired) electrons. The van der Waals surface area contributed by atoms with Crippen molar-refractivity contribution in [2.75, 3.05) is 20.3 Å². The third kappa shape index (κ3) is 2.75. The molecule has 0 rings (SSSR count). The zero-order valence-corrected chi connectivity index (χ0v) is 7.56. The summed E-state index contributed by atoms with van der Waals surface area (Å²) in [7, 11) is 1.57. The average Bonchev–Trinajstić information content (AvgIpc) is 2.03. The van der Waals surface area contributed by atoms with Crippen molar-refractivity contribution in [2.45, 2.75) is 25.9 Å². The third-order valence-electron chi connectivity index (χ3n) is 2.23. The molecule has 0 aliphatic rings. The molecule has 0 fully saturated rings. The van der Waals surface area contributed by atoms with Gasteiger partial charge in [0.25, 0.3) is 0 Å². The highest BCUT2D eigenvalue weighted by Crippen LogP contribution is 2.24. The SMILES string of the molecule is CCC(F)(CN)C(C)COC. The van der Waals surface area contributed by atoms with E-state index in [1.807, 2.05) is 6.92 Å². The van der Waals surface area contributed by atoms with Gasteiger partial charge >= 0.3 is 0 Å². The summed E-state index contributed by atoms with van der Waals surface area (Å²) in [5.74, 6) is -0.123. The van der Waals surface area contributed by atoms with E-state index in [4.69, 9.17) is 10.5 Å². The van der Waals surface area contributed by atoms with E-state index in [0.717, 1.165) is 0 Å². The zero-order valence-electron chi connectivity index (χ0n) is 7.56. The quantitative estimate of drug-likeness (QED) is 0.664. The summed E-state index contributed by atoms with van der Waals surface area (Å²) in [5, 5.41) is 0. The Morgan fingerprint density at radius 1 is 1.64 bits per heavy atom. The molecule has 11 heavy (non-hydrogen) atoms. The minimum atomic E-state index is -1.25. The van der Waals surface area contributed by atoms with Crippen molar-refractivity contribution in [1.82, 2.24) is 0 Å². The molecule has 2 unspecified atom stereocenters. The highest BCUT2D eigenvalue weighted by molar-refractivity contribution is 4.84. The summed E-state index contributed by atoms with van der Waals surface area (Å²) in [5.41, 5.74) is 4.06. The molecular formula is C8H18FNO. The second-order valence-corrected chi connectivity index (χ2v) is 2.95. The first kappa shape index (κ1) is 10.8. The molecule has 0 spiro atoms. The molecule has 0 saturated heterocycles. The normalized spacial score (nSPS) is 19.4. The summed E-state index contributed by atoms with van der Waals surface area (Å²) < 4.78 is 18.5. The third-order valence-corrected chi connectivity index (χ3v) is 2.23. The molecule has 2 N–H and O–H groups in total. The fraction of sp³-hybridized carbons (Fsp3) is 1.00.